The lowest BCUT2D eigenvalue weighted by atomic mass is 9.90. The van der Waals surface area contributed by atoms with E-state index in [0.29, 0.717) is 23.4 Å². The molecule has 0 radical (unpaired) electrons. The van der Waals surface area contributed by atoms with Gasteiger partial charge in [0.25, 0.3) is 5.88 Å². The molecule has 0 atom stereocenters. The van der Waals surface area contributed by atoms with Gasteiger partial charge in [0.1, 0.15) is 0 Å². The van der Waals surface area contributed by atoms with E-state index in [4.69, 9.17) is 16.3 Å². The summed E-state index contributed by atoms with van der Waals surface area (Å²) >= 11 is 6.12. The second kappa shape index (κ2) is 7.99. The molecule has 0 saturated heterocycles. The van der Waals surface area contributed by atoms with Crippen molar-refractivity contribution in [2.45, 2.75) is 52.0 Å². The molecule has 2 aromatic heterocycles. The average molecular weight is 368 g/mol. The summed E-state index contributed by atoms with van der Waals surface area (Å²) in [5.41, 5.74) is 0.570. The number of hydrogen-bond acceptors (Lipinski definition) is 5. The van der Waals surface area contributed by atoms with Crippen LogP contribution in [-0.4, -0.2) is 26.4 Å². The molecule has 0 spiro atoms. The minimum atomic E-state index is -0.565. The van der Waals surface area contributed by atoms with Crippen molar-refractivity contribution in [3.63, 3.8) is 0 Å². The highest BCUT2D eigenvalue weighted by atomic mass is 35.5. The van der Waals surface area contributed by atoms with Gasteiger partial charge in [0.15, 0.2) is 5.15 Å². The van der Waals surface area contributed by atoms with Crippen molar-refractivity contribution in [3.05, 3.63) is 23.4 Å². The number of nitrogens with zero attached hydrogens (tertiary/aromatic N) is 4. The fraction of sp³-hybridized carbons (Fsp3) is 0.588. The number of anilines is 2. The van der Waals surface area contributed by atoms with Crippen LogP contribution in [0.3, 0.4) is 0 Å². The van der Waals surface area contributed by atoms with E-state index in [1.165, 1.54) is 19.3 Å². The third-order valence-corrected chi connectivity index (χ3v) is 4.63. The van der Waals surface area contributed by atoms with Gasteiger partial charge in [-0.05, 0) is 32.6 Å². The molecule has 3 rings (SSSR count). The molecule has 1 N–H and O–H groups in total. The van der Waals surface area contributed by atoms with Crippen molar-refractivity contribution in [3.8, 4) is 5.88 Å². The molecule has 0 bridgehead atoms. The number of rotatable bonds is 6. The van der Waals surface area contributed by atoms with Crippen LogP contribution in [0.1, 0.15) is 52.0 Å². The van der Waals surface area contributed by atoms with E-state index < -0.39 is 5.82 Å². The van der Waals surface area contributed by atoms with E-state index in [-0.39, 0.29) is 17.9 Å². The molecule has 25 heavy (non-hydrogen) atoms. The van der Waals surface area contributed by atoms with E-state index in [0.717, 1.165) is 19.0 Å². The molecule has 2 heterocycles. The maximum Gasteiger partial charge on any atom is 0.255 e. The summed E-state index contributed by atoms with van der Waals surface area (Å²) in [6, 6.07) is 0.177. The van der Waals surface area contributed by atoms with Crippen molar-refractivity contribution in [1.29, 1.82) is 0 Å². The van der Waals surface area contributed by atoms with Gasteiger partial charge in [-0.25, -0.2) is 4.98 Å². The maximum absolute atomic E-state index is 13.9. The Kier molecular flexibility index (Phi) is 5.73. The average Bonchev–Trinajstić information content (AvgIpc) is 2.97. The molecule has 0 aliphatic heterocycles. The Labute approximate surface area is 151 Å². The lowest BCUT2D eigenvalue weighted by Gasteiger charge is -2.21. The van der Waals surface area contributed by atoms with Gasteiger partial charge < -0.3 is 10.1 Å². The predicted molar refractivity (Wildman–Crippen MR) is 95.0 cm³/mol. The normalized spacial score (nSPS) is 15.6. The molecule has 1 saturated carbocycles. The van der Waals surface area contributed by atoms with Crippen LogP contribution in [0.25, 0.3) is 0 Å². The molecule has 8 heteroatoms. The maximum atomic E-state index is 13.9. The van der Waals surface area contributed by atoms with Gasteiger partial charge in [-0.1, -0.05) is 30.9 Å². The minimum absolute atomic E-state index is 0.0320. The first-order chi connectivity index (χ1) is 12.0. The summed E-state index contributed by atoms with van der Waals surface area (Å²) in [4.78, 5) is 8.08. The molecular formula is C17H23ClFN5O. The van der Waals surface area contributed by atoms with Crippen molar-refractivity contribution >= 4 is 23.2 Å². The zero-order chi connectivity index (χ0) is 17.8. The fourth-order valence-electron chi connectivity index (χ4n) is 2.90. The number of halogens is 2. The molecule has 0 aromatic carbocycles. The molecule has 2 aromatic rings. The van der Waals surface area contributed by atoms with E-state index in [1.807, 2.05) is 13.8 Å². The molecule has 0 unspecified atom stereocenters. The molecule has 136 valence electrons. The Morgan fingerprint density at radius 1 is 1.36 bits per heavy atom. The van der Waals surface area contributed by atoms with E-state index in [9.17, 15) is 4.39 Å². The van der Waals surface area contributed by atoms with E-state index in [2.05, 4.69) is 20.4 Å². The van der Waals surface area contributed by atoms with Gasteiger partial charge in [-0.15, -0.1) is 0 Å². The SMILES string of the molecule is CC(C)n1cc(Nc2ncc(F)c(OCC3CCCCC3)n2)c(Cl)n1. The standard InChI is InChI=1S/C17H23ClFN5O/c1-11(2)24-9-14(15(18)23-24)21-17-20-8-13(19)16(22-17)25-10-12-6-4-3-5-7-12/h8-9,11-12H,3-7,10H2,1-2H3,(H,20,21,22). The largest absolute Gasteiger partial charge is 0.475 e. The summed E-state index contributed by atoms with van der Waals surface area (Å²) in [7, 11) is 0. The molecule has 6 nitrogen and oxygen atoms in total. The predicted octanol–water partition coefficient (Wildman–Crippen LogP) is 4.75. The number of nitrogens with one attached hydrogen (secondary N) is 1. The highest BCUT2D eigenvalue weighted by molar-refractivity contribution is 6.32. The third-order valence-electron chi connectivity index (χ3n) is 4.35. The number of hydrogen-bond donors (Lipinski definition) is 1. The summed E-state index contributed by atoms with van der Waals surface area (Å²) in [6.07, 6.45) is 8.83. The van der Waals surface area contributed by atoms with Crippen LogP contribution >= 0.6 is 11.6 Å². The summed E-state index contributed by atoms with van der Waals surface area (Å²) < 4.78 is 21.3. The van der Waals surface area contributed by atoms with Crippen molar-refractivity contribution in [2.75, 3.05) is 11.9 Å². The van der Waals surface area contributed by atoms with Gasteiger partial charge in [0, 0.05) is 6.04 Å². The second-order valence-electron chi connectivity index (χ2n) is 6.69. The van der Waals surface area contributed by atoms with Gasteiger partial charge in [-0.2, -0.15) is 14.5 Å². The Morgan fingerprint density at radius 3 is 2.80 bits per heavy atom. The number of aromatic nitrogens is 4. The topological polar surface area (TPSA) is 64.9 Å². The highest BCUT2D eigenvalue weighted by Crippen LogP contribution is 2.27. The van der Waals surface area contributed by atoms with Crippen LogP contribution in [0.4, 0.5) is 16.0 Å². The summed E-state index contributed by atoms with van der Waals surface area (Å²) in [6.45, 7) is 4.48. The van der Waals surface area contributed by atoms with Crippen LogP contribution < -0.4 is 10.1 Å². The zero-order valence-corrected chi connectivity index (χ0v) is 15.3. The minimum Gasteiger partial charge on any atom is -0.475 e. The molecular weight excluding hydrogens is 345 g/mol. The van der Waals surface area contributed by atoms with Crippen molar-refractivity contribution < 1.29 is 9.13 Å². The van der Waals surface area contributed by atoms with Gasteiger partial charge >= 0.3 is 0 Å². The van der Waals surface area contributed by atoms with Crippen LogP contribution in [-0.2, 0) is 0 Å². The van der Waals surface area contributed by atoms with Crippen LogP contribution in [0, 0.1) is 11.7 Å². The lowest BCUT2D eigenvalue weighted by Crippen LogP contribution is -2.16. The number of ether oxygens (including phenoxy) is 1. The van der Waals surface area contributed by atoms with Gasteiger partial charge in [0.05, 0.1) is 24.7 Å². The second-order valence-corrected chi connectivity index (χ2v) is 7.05. The first kappa shape index (κ1) is 17.9. The zero-order valence-electron chi connectivity index (χ0n) is 14.5. The monoisotopic (exact) mass is 367 g/mol. The van der Waals surface area contributed by atoms with Crippen LogP contribution in [0.5, 0.6) is 5.88 Å². The van der Waals surface area contributed by atoms with Crippen LogP contribution in [0.2, 0.25) is 5.15 Å². The van der Waals surface area contributed by atoms with Crippen molar-refractivity contribution in [1.82, 2.24) is 19.7 Å². The molecule has 1 aliphatic carbocycles. The molecule has 1 aliphatic rings. The van der Waals surface area contributed by atoms with E-state index >= 15 is 0 Å². The fourth-order valence-corrected chi connectivity index (χ4v) is 3.09. The summed E-state index contributed by atoms with van der Waals surface area (Å²) in [5, 5.41) is 7.48. The molecule has 1 fully saturated rings. The molecule has 0 amide bonds. The summed E-state index contributed by atoms with van der Waals surface area (Å²) in [5.74, 6) is 0.101. The Hall–Kier alpha value is -1.89. The smallest absolute Gasteiger partial charge is 0.255 e. The first-order valence-corrected chi connectivity index (χ1v) is 9.07. The van der Waals surface area contributed by atoms with Crippen molar-refractivity contribution in [2.24, 2.45) is 5.92 Å². The first-order valence-electron chi connectivity index (χ1n) is 8.70. The highest BCUT2D eigenvalue weighted by Gasteiger charge is 2.17. The Balaban J connectivity index is 1.68. The van der Waals surface area contributed by atoms with Gasteiger partial charge in [0.2, 0.25) is 11.8 Å². The Bertz CT molecular complexity index is 715. The lowest BCUT2D eigenvalue weighted by molar-refractivity contribution is 0.195. The Morgan fingerprint density at radius 2 is 2.12 bits per heavy atom. The van der Waals surface area contributed by atoms with E-state index in [1.54, 1.807) is 10.9 Å². The third kappa shape index (κ3) is 4.60. The van der Waals surface area contributed by atoms with Crippen LogP contribution in [0.15, 0.2) is 12.4 Å². The quantitative estimate of drug-likeness (QED) is 0.798. The van der Waals surface area contributed by atoms with Gasteiger partial charge in [-0.3, -0.25) is 4.68 Å².